The number of rotatable bonds is 8. The molecule has 0 saturated heterocycles. The van der Waals surface area contributed by atoms with Gasteiger partial charge in [0.05, 0.1) is 17.5 Å². The van der Waals surface area contributed by atoms with E-state index in [2.05, 4.69) is 5.32 Å². The molecule has 0 aromatic heterocycles. The molecule has 0 bridgehead atoms. The summed E-state index contributed by atoms with van der Waals surface area (Å²) in [5.41, 5.74) is -0.0659. The molecule has 0 aliphatic carbocycles. The Labute approximate surface area is 172 Å². The van der Waals surface area contributed by atoms with E-state index in [-0.39, 0.29) is 31.8 Å². The van der Waals surface area contributed by atoms with E-state index in [1.54, 1.807) is 18.2 Å². The Balaban J connectivity index is 1.90. The van der Waals surface area contributed by atoms with Crippen LogP contribution in [0.2, 0.25) is 5.02 Å². The van der Waals surface area contributed by atoms with Crippen LogP contribution in [0.3, 0.4) is 0 Å². The summed E-state index contributed by atoms with van der Waals surface area (Å²) in [5, 5.41) is 2.93. The zero-order chi connectivity index (χ0) is 21.7. The second-order valence-corrected chi connectivity index (χ2v) is 8.74. The van der Waals surface area contributed by atoms with E-state index in [0.717, 1.165) is 22.7 Å². The second kappa shape index (κ2) is 9.49. The third kappa shape index (κ3) is 7.25. The number of carbonyl (C=O) groups excluding carboxylic acids is 1. The van der Waals surface area contributed by atoms with E-state index in [1.165, 1.54) is 18.2 Å². The molecular formula is C19H20ClF3N2O3S. The first kappa shape index (κ1) is 23.0. The van der Waals surface area contributed by atoms with Crippen LogP contribution in [0, 0.1) is 0 Å². The van der Waals surface area contributed by atoms with Crippen LogP contribution in [0.1, 0.15) is 24.0 Å². The van der Waals surface area contributed by atoms with Gasteiger partial charge in [0.25, 0.3) is 0 Å². The SMILES string of the molecule is CS(=O)(=O)N(CCCC(=O)NCc1cccc(C(F)(F)F)c1)c1cccc(Cl)c1. The molecule has 0 aliphatic heterocycles. The van der Waals surface area contributed by atoms with Crippen LogP contribution < -0.4 is 9.62 Å². The van der Waals surface area contributed by atoms with Gasteiger partial charge >= 0.3 is 6.18 Å². The highest BCUT2D eigenvalue weighted by Gasteiger charge is 2.30. The van der Waals surface area contributed by atoms with Crippen molar-refractivity contribution in [2.75, 3.05) is 17.1 Å². The van der Waals surface area contributed by atoms with Crippen molar-refractivity contribution in [3.63, 3.8) is 0 Å². The van der Waals surface area contributed by atoms with Crippen molar-refractivity contribution >= 4 is 33.2 Å². The van der Waals surface area contributed by atoms with Gasteiger partial charge in [0, 0.05) is 24.5 Å². The van der Waals surface area contributed by atoms with E-state index in [9.17, 15) is 26.4 Å². The van der Waals surface area contributed by atoms with Crippen molar-refractivity contribution in [1.82, 2.24) is 5.32 Å². The quantitative estimate of drug-likeness (QED) is 0.657. The average Bonchev–Trinajstić information content (AvgIpc) is 2.62. The summed E-state index contributed by atoms with van der Waals surface area (Å²) in [6.07, 6.45) is -3.14. The van der Waals surface area contributed by atoms with Gasteiger partial charge in [0.2, 0.25) is 15.9 Å². The number of hydrogen-bond acceptors (Lipinski definition) is 3. The van der Waals surface area contributed by atoms with Crippen LogP contribution in [-0.4, -0.2) is 27.1 Å². The number of halogens is 4. The first-order valence-electron chi connectivity index (χ1n) is 8.63. The fourth-order valence-electron chi connectivity index (χ4n) is 2.65. The number of nitrogens with zero attached hydrogens (tertiary/aromatic N) is 1. The monoisotopic (exact) mass is 448 g/mol. The zero-order valence-corrected chi connectivity index (χ0v) is 17.1. The fraction of sp³-hybridized carbons (Fsp3) is 0.316. The highest BCUT2D eigenvalue weighted by Crippen LogP contribution is 2.29. The zero-order valence-electron chi connectivity index (χ0n) is 15.5. The predicted octanol–water partition coefficient (Wildman–Crippen LogP) is 4.22. The van der Waals surface area contributed by atoms with E-state index in [0.29, 0.717) is 16.3 Å². The summed E-state index contributed by atoms with van der Waals surface area (Å²) in [4.78, 5) is 12.0. The second-order valence-electron chi connectivity index (χ2n) is 6.39. The molecule has 5 nitrogen and oxygen atoms in total. The molecule has 0 fully saturated rings. The number of anilines is 1. The number of alkyl halides is 3. The molecule has 0 saturated carbocycles. The lowest BCUT2D eigenvalue weighted by molar-refractivity contribution is -0.137. The maximum atomic E-state index is 12.7. The Hall–Kier alpha value is -2.26. The van der Waals surface area contributed by atoms with Crippen LogP contribution in [-0.2, 0) is 27.5 Å². The number of sulfonamides is 1. The summed E-state index contributed by atoms with van der Waals surface area (Å²) in [5.74, 6) is -0.387. The topological polar surface area (TPSA) is 66.5 Å². The molecule has 1 amide bonds. The van der Waals surface area contributed by atoms with Crippen LogP contribution in [0.25, 0.3) is 0 Å². The minimum atomic E-state index is -4.45. The van der Waals surface area contributed by atoms with Gasteiger partial charge < -0.3 is 5.32 Å². The molecule has 0 heterocycles. The van der Waals surface area contributed by atoms with Crippen molar-refractivity contribution in [3.8, 4) is 0 Å². The highest BCUT2D eigenvalue weighted by molar-refractivity contribution is 7.92. The minimum absolute atomic E-state index is 0.0194. The van der Waals surface area contributed by atoms with Gasteiger partial charge in [0.15, 0.2) is 0 Å². The average molecular weight is 449 g/mol. The van der Waals surface area contributed by atoms with Gasteiger partial charge in [-0.15, -0.1) is 0 Å². The fourth-order valence-corrected chi connectivity index (χ4v) is 3.79. The summed E-state index contributed by atoms with van der Waals surface area (Å²) in [6.45, 7) is 0.0169. The van der Waals surface area contributed by atoms with Gasteiger partial charge in [-0.3, -0.25) is 9.10 Å². The van der Waals surface area contributed by atoms with E-state index < -0.39 is 21.8 Å². The van der Waals surface area contributed by atoms with E-state index in [4.69, 9.17) is 11.6 Å². The predicted molar refractivity (Wildman–Crippen MR) is 106 cm³/mol. The molecule has 0 aliphatic rings. The molecule has 0 radical (unpaired) electrons. The molecule has 0 unspecified atom stereocenters. The van der Waals surface area contributed by atoms with Crippen molar-refractivity contribution in [3.05, 3.63) is 64.7 Å². The van der Waals surface area contributed by atoms with Crippen molar-refractivity contribution in [2.24, 2.45) is 0 Å². The third-order valence-corrected chi connectivity index (χ3v) is 5.43. The van der Waals surface area contributed by atoms with Crippen LogP contribution in [0.15, 0.2) is 48.5 Å². The number of amides is 1. The largest absolute Gasteiger partial charge is 0.416 e. The summed E-state index contributed by atoms with van der Waals surface area (Å²) in [6, 6.07) is 11.0. The van der Waals surface area contributed by atoms with Crippen molar-refractivity contribution < 1.29 is 26.4 Å². The first-order valence-corrected chi connectivity index (χ1v) is 10.9. The van der Waals surface area contributed by atoms with Crippen LogP contribution >= 0.6 is 11.6 Å². The maximum Gasteiger partial charge on any atom is 0.416 e. The van der Waals surface area contributed by atoms with Gasteiger partial charge in [0.1, 0.15) is 0 Å². The van der Waals surface area contributed by atoms with Crippen LogP contribution in [0.4, 0.5) is 18.9 Å². The number of benzene rings is 2. The van der Waals surface area contributed by atoms with Crippen molar-refractivity contribution in [2.45, 2.75) is 25.6 Å². The normalized spacial score (nSPS) is 11.9. The molecule has 1 N–H and O–H groups in total. The van der Waals surface area contributed by atoms with Crippen LogP contribution in [0.5, 0.6) is 0 Å². The molecule has 29 heavy (non-hydrogen) atoms. The lowest BCUT2D eigenvalue weighted by atomic mass is 10.1. The number of hydrogen-bond donors (Lipinski definition) is 1. The Kier molecular flexibility index (Phi) is 7.54. The van der Waals surface area contributed by atoms with Crippen molar-refractivity contribution in [1.29, 1.82) is 0 Å². The number of carbonyl (C=O) groups is 1. The van der Waals surface area contributed by atoms with E-state index in [1.807, 2.05) is 0 Å². The molecule has 158 valence electrons. The van der Waals surface area contributed by atoms with Gasteiger partial charge in [-0.25, -0.2) is 8.42 Å². The highest BCUT2D eigenvalue weighted by atomic mass is 35.5. The lowest BCUT2D eigenvalue weighted by Gasteiger charge is -2.22. The maximum absolute atomic E-state index is 12.7. The molecule has 2 aromatic rings. The van der Waals surface area contributed by atoms with Gasteiger partial charge in [-0.1, -0.05) is 29.8 Å². The Morgan fingerprint density at radius 1 is 1.14 bits per heavy atom. The summed E-state index contributed by atoms with van der Waals surface area (Å²) in [7, 11) is -3.57. The standard InChI is InChI=1S/C19H20ClF3N2O3S/c1-29(27,28)25(17-8-3-7-16(20)12-17)10-4-9-18(26)24-13-14-5-2-6-15(11-14)19(21,22)23/h2-3,5-8,11-12H,4,9-10,13H2,1H3,(H,24,26). The Bertz CT molecular complexity index is 965. The molecule has 0 spiro atoms. The molecule has 2 rings (SSSR count). The first-order chi connectivity index (χ1) is 13.5. The summed E-state index contributed by atoms with van der Waals surface area (Å²) < 4.78 is 63.4. The van der Waals surface area contributed by atoms with Gasteiger partial charge in [-0.05, 0) is 42.3 Å². The molecule has 10 heteroatoms. The lowest BCUT2D eigenvalue weighted by Crippen LogP contribution is -2.32. The molecule has 2 aromatic carbocycles. The molecular weight excluding hydrogens is 429 g/mol. The smallest absolute Gasteiger partial charge is 0.352 e. The van der Waals surface area contributed by atoms with Gasteiger partial charge in [-0.2, -0.15) is 13.2 Å². The number of nitrogens with one attached hydrogen (secondary N) is 1. The Morgan fingerprint density at radius 2 is 1.83 bits per heavy atom. The summed E-state index contributed by atoms with van der Waals surface area (Å²) >= 11 is 5.91. The third-order valence-electron chi connectivity index (χ3n) is 4.01. The molecule has 0 atom stereocenters. The Morgan fingerprint density at radius 3 is 2.45 bits per heavy atom. The minimum Gasteiger partial charge on any atom is -0.352 e. The van der Waals surface area contributed by atoms with E-state index >= 15 is 0 Å².